The molecule has 0 unspecified atom stereocenters. The molecule has 1 amide bonds. The Balaban J connectivity index is 2.07. The largest absolute Gasteiger partial charge is 0.277 e. The molecule has 0 spiro atoms. The normalized spacial score (nSPS) is 22.0. The Bertz CT molecular complexity index is 567. The van der Waals surface area contributed by atoms with Crippen molar-refractivity contribution >= 4 is 11.8 Å². The van der Waals surface area contributed by atoms with E-state index in [4.69, 9.17) is 4.84 Å². The maximum Gasteiger partial charge on any atom is 0.262 e. The molecule has 0 radical (unpaired) electrons. The van der Waals surface area contributed by atoms with Crippen molar-refractivity contribution in [2.75, 3.05) is 20.2 Å². The monoisotopic (exact) mass is 306 g/mol. The molecule has 1 aliphatic heterocycles. The molecule has 2 rings (SSSR count). The zero-order valence-corrected chi connectivity index (χ0v) is 12.5. The number of hydrogen-bond acceptors (Lipinski definition) is 7. The van der Waals surface area contributed by atoms with Crippen molar-refractivity contribution in [3.05, 3.63) is 12.4 Å². The van der Waals surface area contributed by atoms with Crippen molar-refractivity contribution < 1.29 is 14.4 Å². The third-order valence-electron chi connectivity index (χ3n) is 3.66. The lowest BCUT2D eigenvalue weighted by molar-refractivity contribution is -0.191. The van der Waals surface area contributed by atoms with Crippen LogP contribution in [-0.4, -0.2) is 69.1 Å². The van der Waals surface area contributed by atoms with Crippen LogP contribution in [0.15, 0.2) is 12.4 Å². The lowest BCUT2D eigenvalue weighted by Crippen LogP contribution is -2.54. The number of nitriles is 1. The molecule has 9 heteroatoms. The van der Waals surface area contributed by atoms with Crippen LogP contribution in [0.4, 0.5) is 0 Å². The molecule has 9 nitrogen and oxygen atoms in total. The van der Waals surface area contributed by atoms with Crippen molar-refractivity contribution in [3.8, 4) is 6.07 Å². The van der Waals surface area contributed by atoms with Crippen LogP contribution >= 0.6 is 0 Å². The number of nitrogens with zero attached hydrogens (tertiary/aromatic N) is 6. The van der Waals surface area contributed by atoms with E-state index < -0.39 is 0 Å². The SMILES string of the molecule is CON(C(C)=O)[C@@H]1CC[C@@H](C#N)N(CC(=O)n2ccnn2)C1. The molecular weight excluding hydrogens is 288 g/mol. The van der Waals surface area contributed by atoms with Gasteiger partial charge in [0.1, 0.15) is 0 Å². The van der Waals surface area contributed by atoms with Gasteiger partial charge in [-0.05, 0) is 12.8 Å². The fourth-order valence-corrected chi connectivity index (χ4v) is 2.66. The second-order valence-electron chi connectivity index (χ2n) is 5.07. The Labute approximate surface area is 128 Å². The first kappa shape index (κ1) is 16.1. The molecule has 118 valence electrons. The topological polar surface area (TPSA) is 104 Å². The van der Waals surface area contributed by atoms with Crippen LogP contribution < -0.4 is 0 Å². The molecule has 0 aliphatic carbocycles. The Morgan fingerprint density at radius 1 is 1.50 bits per heavy atom. The third kappa shape index (κ3) is 3.47. The Kier molecular flexibility index (Phi) is 5.19. The summed E-state index contributed by atoms with van der Waals surface area (Å²) in [4.78, 5) is 30.5. The highest BCUT2D eigenvalue weighted by Crippen LogP contribution is 2.21. The number of likely N-dealkylation sites (tertiary alicyclic amines) is 1. The third-order valence-corrected chi connectivity index (χ3v) is 3.66. The van der Waals surface area contributed by atoms with Gasteiger partial charge < -0.3 is 0 Å². The number of hydroxylamine groups is 2. The predicted molar refractivity (Wildman–Crippen MR) is 74.2 cm³/mol. The molecule has 22 heavy (non-hydrogen) atoms. The van der Waals surface area contributed by atoms with Crippen molar-refractivity contribution in [1.82, 2.24) is 25.0 Å². The number of rotatable bonds is 4. The molecule has 0 bridgehead atoms. The molecule has 1 aliphatic rings. The molecule has 0 saturated carbocycles. The van der Waals surface area contributed by atoms with Gasteiger partial charge >= 0.3 is 0 Å². The first-order valence-electron chi connectivity index (χ1n) is 6.94. The van der Waals surface area contributed by atoms with Gasteiger partial charge in [-0.3, -0.25) is 19.3 Å². The molecule has 1 fully saturated rings. The second kappa shape index (κ2) is 7.11. The first-order valence-corrected chi connectivity index (χ1v) is 6.94. The van der Waals surface area contributed by atoms with E-state index in [1.807, 2.05) is 0 Å². The summed E-state index contributed by atoms with van der Waals surface area (Å²) < 4.78 is 1.14. The second-order valence-corrected chi connectivity index (χ2v) is 5.07. The van der Waals surface area contributed by atoms with E-state index in [0.29, 0.717) is 19.4 Å². The van der Waals surface area contributed by atoms with Gasteiger partial charge in [0.05, 0.1) is 44.2 Å². The van der Waals surface area contributed by atoms with Crippen LogP contribution in [0.2, 0.25) is 0 Å². The number of carbonyl (C=O) groups is 2. The minimum absolute atomic E-state index is 0.0353. The summed E-state index contributed by atoms with van der Waals surface area (Å²) in [5.74, 6) is -0.476. The fraction of sp³-hybridized carbons (Fsp3) is 0.615. The van der Waals surface area contributed by atoms with Gasteiger partial charge in [0.2, 0.25) is 5.91 Å². The van der Waals surface area contributed by atoms with Gasteiger partial charge in [-0.2, -0.15) is 9.94 Å². The fourth-order valence-electron chi connectivity index (χ4n) is 2.66. The number of aromatic nitrogens is 3. The van der Waals surface area contributed by atoms with Crippen LogP contribution in [0.3, 0.4) is 0 Å². The lowest BCUT2D eigenvalue weighted by atomic mass is 9.98. The van der Waals surface area contributed by atoms with Crippen molar-refractivity contribution in [1.29, 1.82) is 5.26 Å². The average Bonchev–Trinajstić information content (AvgIpc) is 3.02. The lowest BCUT2D eigenvalue weighted by Gasteiger charge is -2.39. The molecule has 1 aromatic heterocycles. The van der Waals surface area contributed by atoms with E-state index in [1.165, 1.54) is 31.5 Å². The predicted octanol–water partition coefficient (Wildman–Crippen LogP) is -0.315. The van der Waals surface area contributed by atoms with Gasteiger partial charge in [0.25, 0.3) is 5.91 Å². The van der Waals surface area contributed by atoms with E-state index in [1.54, 1.807) is 4.90 Å². The zero-order valence-electron chi connectivity index (χ0n) is 12.5. The highest BCUT2D eigenvalue weighted by molar-refractivity contribution is 5.79. The Morgan fingerprint density at radius 2 is 2.27 bits per heavy atom. The maximum atomic E-state index is 12.1. The minimum Gasteiger partial charge on any atom is -0.277 e. The van der Waals surface area contributed by atoms with Crippen LogP contribution in [0, 0.1) is 11.3 Å². The number of amides is 1. The van der Waals surface area contributed by atoms with E-state index >= 15 is 0 Å². The average molecular weight is 306 g/mol. The Morgan fingerprint density at radius 3 is 2.82 bits per heavy atom. The quantitative estimate of drug-likeness (QED) is 0.702. The zero-order chi connectivity index (χ0) is 16.1. The standard InChI is InChI=1S/C13H18N6O3/c1-10(20)19(22-2)12-4-3-11(7-14)17(8-12)9-13(21)18-6-5-15-16-18/h5-6,11-12H,3-4,8-9H2,1-2H3/t11-,12+/m0/s1. The summed E-state index contributed by atoms with van der Waals surface area (Å²) in [5, 5.41) is 17.8. The molecular formula is C13H18N6O3. The number of hydrogen-bond donors (Lipinski definition) is 0. The molecule has 2 atom stereocenters. The molecule has 0 aromatic carbocycles. The number of carbonyl (C=O) groups excluding carboxylic acids is 2. The van der Waals surface area contributed by atoms with Crippen molar-refractivity contribution in [2.45, 2.75) is 31.8 Å². The van der Waals surface area contributed by atoms with Crippen LogP contribution in [0.25, 0.3) is 0 Å². The first-order chi connectivity index (χ1) is 10.6. The summed E-state index contributed by atoms with van der Waals surface area (Å²) in [6.45, 7) is 1.85. The van der Waals surface area contributed by atoms with Crippen molar-refractivity contribution in [2.24, 2.45) is 0 Å². The summed E-state index contributed by atoms with van der Waals surface area (Å²) in [5.41, 5.74) is 0. The van der Waals surface area contributed by atoms with Crippen LogP contribution in [0.5, 0.6) is 0 Å². The van der Waals surface area contributed by atoms with E-state index in [0.717, 1.165) is 4.68 Å². The van der Waals surface area contributed by atoms with E-state index in [-0.39, 0.29) is 30.4 Å². The highest BCUT2D eigenvalue weighted by atomic mass is 16.7. The maximum absolute atomic E-state index is 12.1. The van der Waals surface area contributed by atoms with Crippen molar-refractivity contribution in [3.63, 3.8) is 0 Å². The summed E-state index contributed by atoms with van der Waals surface area (Å²) in [6.07, 6.45) is 4.10. The van der Waals surface area contributed by atoms with Gasteiger partial charge in [-0.25, -0.2) is 5.06 Å². The molecule has 1 aromatic rings. The van der Waals surface area contributed by atoms with Gasteiger partial charge in [0, 0.05) is 13.5 Å². The highest BCUT2D eigenvalue weighted by Gasteiger charge is 2.34. The van der Waals surface area contributed by atoms with Gasteiger partial charge in [0.15, 0.2) is 0 Å². The summed E-state index contributed by atoms with van der Waals surface area (Å²) >= 11 is 0. The Hall–Kier alpha value is -2.31. The molecule has 0 N–H and O–H groups in total. The summed E-state index contributed by atoms with van der Waals surface area (Å²) in [6, 6.07) is 1.64. The van der Waals surface area contributed by atoms with Gasteiger partial charge in [-0.15, -0.1) is 5.10 Å². The van der Waals surface area contributed by atoms with Crippen LogP contribution in [-0.2, 0) is 9.63 Å². The minimum atomic E-state index is -0.366. The van der Waals surface area contributed by atoms with E-state index in [9.17, 15) is 14.9 Å². The van der Waals surface area contributed by atoms with Crippen LogP contribution in [0.1, 0.15) is 24.6 Å². The summed E-state index contributed by atoms with van der Waals surface area (Å²) in [7, 11) is 1.43. The smallest absolute Gasteiger partial charge is 0.262 e. The molecule has 2 heterocycles. The molecule has 1 saturated heterocycles. The van der Waals surface area contributed by atoms with E-state index in [2.05, 4.69) is 16.4 Å². The number of piperidine rings is 1. The van der Waals surface area contributed by atoms with Gasteiger partial charge in [-0.1, -0.05) is 5.21 Å².